The van der Waals surface area contributed by atoms with Crippen molar-refractivity contribution in [3.8, 4) is 0 Å². The van der Waals surface area contributed by atoms with E-state index in [1.165, 1.54) is 12.8 Å². The van der Waals surface area contributed by atoms with Crippen LogP contribution in [0.5, 0.6) is 0 Å². The molecule has 0 aromatic rings. The van der Waals surface area contributed by atoms with E-state index in [0.29, 0.717) is 18.2 Å². The zero-order valence-corrected chi connectivity index (χ0v) is 11.0. The molecule has 0 amide bonds. The van der Waals surface area contributed by atoms with Gasteiger partial charge in [0.2, 0.25) is 0 Å². The third-order valence-electron chi connectivity index (χ3n) is 3.18. The van der Waals surface area contributed by atoms with Gasteiger partial charge in [0.05, 0.1) is 19.3 Å². The van der Waals surface area contributed by atoms with Gasteiger partial charge in [0, 0.05) is 18.7 Å². The van der Waals surface area contributed by atoms with E-state index in [1.54, 1.807) is 0 Å². The summed E-state index contributed by atoms with van der Waals surface area (Å²) in [4.78, 5) is 0. The Balaban J connectivity index is 2.14. The molecular formula is C13H27NO2. The molecule has 1 fully saturated rings. The Bertz CT molecular complexity index is 175. The van der Waals surface area contributed by atoms with Gasteiger partial charge in [-0.1, -0.05) is 13.8 Å². The molecule has 0 aliphatic carbocycles. The molecule has 1 saturated heterocycles. The van der Waals surface area contributed by atoms with Crippen LogP contribution in [0.1, 0.15) is 46.5 Å². The summed E-state index contributed by atoms with van der Waals surface area (Å²) in [6.07, 6.45) is 5.01. The van der Waals surface area contributed by atoms with Crippen molar-refractivity contribution in [2.75, 3.05) is 19.8 Å². The second kappa shape index (κ2) is 8.04. The van der Waals surface area contributed by atoms with Crippen molar-refractivity contribution in [1.82, 2.24) is 5.32 Å². The van der Waals surface area contributed by atoms with E-state index in [0.717, 1.165) is 32.7 Å². The van der Waals surface area contributed by atoms with E-state index >= 15 is 0 Å². The summed E-state index contributed by atoms with van der Waals surface area (Å²) >= 11 is 0. The number of rotatable bonds is 7. The molecule has 0 radical (unpaired) electrons. The Hall–Kier alpha value is -0.120. The van der Waals surface area contributed by atoms with Crippen molar-refractivity contribution in [3.05, 3.63) is 0 Å². The molecule has 1 rings (SSSR count). The van der Waals surface area contributed by atoms with Gasteiger partial charge in [-0.2, -0.15) is 0 Å². The predicted octanol–water partition coefficient (Wildman–Crippen LogP) is 2.35. The van der Waals surface area contributed by atoms with E-state index in [1.807, 2.05) is 0 Å². The van der Waals surface area contributed by atoms with Crippen LogP contribution >= 0.6 is 0 Å². The highest BCUT2D eigenvalue weighted by atomic mass is 16.5. The minimum Gasteiger partial charge on any atom is -0.379 e. The normalized spacial score (nSPS) is 30.6. The lowest BCUT2D eigenvalue weighted by atomic mass is 9.95. The molecule has 3 unspecified atom stereocenters. The topological polar surface area (TPSA) is 30.5 Å². The van der Waals surface area contributed by atoms with Gasteiger partial charge in [-0.3, -0.25) is 0 Å². The molecule has 1 heterocycles. The molecule has 3 atom stereocenters. The molecule has 0 saturated carbocycles. The van der Waals surface area contributed by atoms with Gasteiger partial charge in [-0.25, -0.2) is 0 Å². The van der Waals surface area contributed by atoms with Crippen molar-refractivity contribution in [1.29, 1.82) is 0 Å². The van der Waals surface area contributed by atoms with Gasteiger partial charge in [0.25, 0.3) is 0 Å². The summed E-state index contributed by atoms with van der Waals surface area (Å²) in [7, 11) is 0. The number of hydrogen-bond acceptors (Lipinski definition) is 3. The van der Waals surface area contributed by atoms with Crippen LogP contribution < -0.4 is 5.32 Å². The first kappa shape index (κ1) is 13.9. The maximum absolute atomic E-state index is 5.89. The average Bonchev–Trinajstić information content (AvgIpc) is 2.30. The summed E-state index contributed by atoms with van der Waals surface area (Å²) in [6, 6.07) is 1.16. The molecule has 1 aliphatic heterocycles. The van der Waals surface area contributed by atoms with Crippen molar-refractivity contribution in [2.45, 2.75) is 64.6 Å². The van der Waals surface area contributed by atoms with E-state index in [2.05, 4.69) is 26.1 Å². The zero-order valence-electron chi connectivity index (χ0n) is 11.0. The fourth-order valence-corrected chi connectivity index (χ4v) is 2.26. The fraction of sp³-hybridized carbons (Fsp3) is 1.00. The Morgan fingerprint density at radius 2 is 1.94 bits per heavy atom. The van der Waals surface area contributed by atoms with Crippen LogP contribution in [0.25, 0.3) is 0 Å². The Morgan fingerprint density at radius 3 is 2.62 bits per heavy atom. The van der Waals surface area contributed by atoms with Crippen LogP contribution in [-0.4, -0.2) is 38.0 Å². The summed E-state index contributed by atoms with van der Waals surface area (Å²) in [5.74, 6) is 0. The lowest BCUT2D eigenvalue weighted by Crippen LogP contribution is -2.50. The summed E-state index contributed by atoms with van der Waals surface area (Å²) in [5, 5.41) is 3.60. The average molecular weight is 229 g/mol. The highest BCUT2D eigenvalue weighted by molar-refractivity contribution is 4.84. The predicted molar refractivity (Wildman–Crippen MR) is 66.8 cm³/mol. The van der Waals surface area contributed by atoms with Crippen molar-refractivity contribution in [3.63, 3.8) is 0 Å². The molecule has 1 N–H and O–H groups in total. The van der Waals surface area contributed by atoms with Crippen molar-refractivity contribution >= 4 is 0 Å². The fourth-order valence-electron chi connectivity index (χ4n) is 2.26. The number of ether oxygens (including phenoxy) is 2. The zero-order chi connectivity index (χ0) is 11.8. The molecular weight excluding hydrogens is 202 g/mol. The highest BCUT2D eigenvalue weighted by Crippen LogP contribution is 2.18. The monoisotopic (exact) mass is 229 g/mol. The van der Waals surface area contributed by atoms with Gasteiger partial charge in [0.1, 0.15) is 0 Å². The van der Waals surface area contributed by atoms with Crippen LogP contribution in [0.15, 0.2) is 0 Å². The molecule has 0 spiro atoms. The van der Waals surface area contributed by atoms with E-state index < -0.39 is 0 Å². The Labute approximate surface area is 99.9 Å². The lowest BCUT2D eigenvalue weighted by Gasteiger charge is -2.35. The van der Waals surface area contributed by atoms with E-state index in [4.69, 9.17) is 9.47 Å². The number of piperidine rings is 1. The molecule has 0 bridgehead atoms. The third-order valence-corrected chi connectivity index (χ3v) is 3.18. The molecule has 0 aromatic carbocycles. The maximum Gasteiger partial charge on any atom is 0.0729 e. The van der Waals surface area contributed by atoms with Crippen LogP contribution in [0, 0.1) is 0 Å². The van der Waals surface area contributed by atoms with Crippen LogP contribution in [-0.2, 0) is 9.47 Å². The largest absolute Gasteiger partial charge is 0.379 e. The Morgan fingerprint density at radius 1 is 1.12 bits per heavy atom. The molecule has 3 heteroatoms. The maximum atomic E-state index is 5.89. The standard InChI is InChI=1S/C13H27NO2/c1-4-8-15-9-10-16-13-7-6-11(3)14-12(13)5-2/h11-14H,4-10H2,1-3H3. The Kier molecular flexibility index (Phi) is 7.01. The number of nitrogens with one attached hydrogen (secondary N) is 1. The van der Waals surface area contributed by atoms with Gasteiger partial charge < -0.3 is 14.8 Å². The third kappa shape index (κ3) is 4.81. The minimum absolute atomic E-state index is 0.381. The smallest absolute Gasteiger partial charge is 0.0729 e. The minimum atomic E-state index is 0.381. The molecule has 16 heavy (non-hydrogen) atoms. The van der Waals surface area contributed by atoms with Gasteiger partial charge in [-0.05, 0) is 32.6 Å². The summed E-state index contributed by atoms with van der Waals surface area (Å²) in [6.45, 7) is 8.91. The lowest BCUT2D eigenvalue weighted by molar-refractivity contribution is -0.0291. The van der Waals surface area contributed by atoms with Crippen LogP contribution in [0.3, 0.4) is 0 Å². The summed E-state index contributed by atoms with van der Waals surface area (Å²) in [5.41, 5.74) is 0. The van der Waals surface area contributed by atoms with Crippen molar-refractivity contribution in [2.24, 2.45) is 0 Å². The molecule has 3 nitrogen and oxygen atoms in total. The van der Waals surface area contributed by atoms with Gasteiger partial charge >= 0.3 is 0 Å². The quantitative estimate of drug-likeness (QED) is 0.680. The van der Waals surface area contributed by atoms with Gasteiger partial charge in [0.15, 0.2) is 0 Å². The first-order valence-corrected chi connectivity index (χ1v) is 6.73. The second-order valence-electron chi connectivity index (χ2n) is 4.68. The highest BCUT2D eigenvalue weighted by Gasteiger charge is 2.26. The first-order chi connectivity index (χ1) is 7.77. The first-order valence-electron chi connectivity index (χ1n) is 6.73. The van der Waals surface area contributed by atoms with E-state index in [-0.39, 0.29) is 0 Å². The summed E-state index contributed by atoms with van der Waals surface area (Å²) < 4.78 is 11.3. The molecule has 1 aliphatic rings. The number of hydrogen-bond donors (Lipinski definition) is 1. The van der Waals surface area contributed by atoms with Crippen LogP contribution in [0.4, 0.5) is 0 Å². The SMILES string of the molecule is CCCOCCOC1CCC(C)NC1CC. The van der Waals surface area contributed by atoms with E-state index in [9.17, 15) is 0 Å². The van der Waals surface area contributed by atoms with Crippen LogP contribution in [0.2, 0.25) is 0 Å². The second-order valence-corrected chi connectivity index (χ2v) is 4.68. The van der Waals surface area contributed by atoms with Crippen molar-refractivity contribution < 1.29 is 9.47 Å². The molecule has 96 valence electrons. The molecule has 0 aromatic heterocycles. The van der Waals surface area contributed by atoms with Gasteiger partial charge in [-0.15, -0.1) is 0 Å².